The second-order valence-electron chi connectivity index (χ2n) is 3.33. The van der Waals surface area contributed by atoms with Gasteiger partial charge in [-0.2, -0.15) is 0 Å². The molecule has 78 valence electrons. The van der Waals surface area contributed by atoms with Gasteiger partial charge >= 0.3 is 0 Å². The molecule has 2 heteroatoms. The van der Waals surface area contributed by atoms with Gasteiger partial charge in [0.1, 0.15) is 0 Å². The number of hydrogen-bond donors (Lipinski definition) is 1. The third kappa shape index (κ3) is 5.30. The van der Waals surface area contributed by atoms with E-state index in [1.54, 1.807) is 0 Å². The molecule has 0 amide bonds. The molecule has 1 nitrogen and oxygen atoms in total. The molecule has 0 atom stereocenters. The van der Waals surface area contributed by atoms with Gasteiger partial charge in [-0.3, -0.25) is 4.72 Å². The number of hydrogen-bond acceptors (Lipinski definition) is 2. The zero-order chi connectivity index (χ0) is 10.1. The van der Waals surface area contributed by atoms with Gasteiger partial charge in [-0.05, 0) is 18.4 Å². The molecule has 0 aromatic heterocycles. The topological polar surface area (TPSA) is 12.0 Å². The number of unbranched alkanes of at least 4 members (excludes halogenated alkanes) is 1. The lowest BCUT2D eigenvalue weighted by molar-refractivity contribution is 0.876. The van der Waals surface area contributed by atoms with E-state index in [4.69, 9.17) is 0 Å². The van der Waals surface area contributed by atoms with Crippen molar-refractivity contribution in [2.24, 2.45) is 0 Å². The van der Waals surface area contributed by atoms with Gasteiger partial charge in [0.15, 0.2) is 0 Å². The Balaban J connectivity index is 1.99. The van der Waals surface area contributed by atoms with E-state index in [0.717, 1.165) is 13.0 Å². The first kappa shape index (κ1) is 11.6. The lowest BCUT2D eigenvalue weighted by Gasteiger charge is -2.03. The van der Waals surface area contributed by atoms with Crippen molar-refractivity contribution in [3.05, 3.63) is 35.9 Å². The predicted molar refractivity (Wildman–Crippen MR) is 65.5 cm³/mol. The van der Waals surface area contributed by atoms with Crippen LogP contribution in [-0.2, 0) is 6.42 Å². The molecule has 0 bridgehead atoms. The summed E-state index contributed by atoms with van der Waals surface area (Å²) in [4.78, 5) is 0. The van der Waals surface area contributed by atoms with Crippen LogP contribution in [0.2, 0.25) is 0 Å². The second kappa shape index (κ2) is 7.89. The fourth-order valence-corrected chi connectivity index (χ4v) is 2.02. The van der Waals surface area contributed by atoms with Crippen LogP contribution in [0, 0.1) is 0 Å². The zero-order valence-corrected chi connectivity index (χ0v) is 9.65. The van der Waals surface area contributed by atoms with E-state index in [1.165, 1.54) is 24.2 Å². The maximum absolute atomic E-state index is 3.39. The summed E-state index contributed by atoms with van der Waals surface area (Å²) in [6.45, 7) is 3.29. The zero-order valence-electron chi connectivity index (χ0n) is 8.83. The van der Waals surface area contributed by atoms with Crippen molar-refractivity contribution in [1.29, 1.82) is 0 Å². The van der Waals surface area contributed by atoms with Gasteiger partial charge in [0.05, 0.1) is 0 Å². The molecule has 0 saturated heterocycles. The molecule has 1 aromatic rings. The Hall–Kier alpha value is -0.470. The first-order valence-electron chi connectivity index (χ1n) is 5.32. The molecule has 0 radical (unpaired) electrons. The maximum Gasteiger partial charge on any atom is 0.00990 e. The number of benzene rings is 1. The second-order valence-corrected chi connectivity index (χ2v) is 4.32. The lowest BCUT2D eigenvalue weighted by Crippen LogP contribution is -2.09. The van der Waals surface area contributed by atoms with Crippen molar-refractivity contribution in [3.63, 3.8) is 0 Å². The summed E-state index contributed by atoms with van der Waals surface area (Å²) in [6, 6.07) is 10.6. The first-order chi connectivity index (χ1) is 6.93. The first-order valence-corrected chi connectivity index (χ1v) is 6.30. The minimum Gasteiger partial charge on any atom is -0.264 e. The Bertz CT molecular complexity index is 223. The van der Waals surface area contributed by atoms with E-state index >= 15 is 0 Å². The van der Waals surface area contributed by atoms with Crippen LogP contribution < -0.4 is 4.72 Å². The highest BCUT2D eigenvalue weighted by molar-refractivity contribution is 7.97. The molecule has 1 aromatic carbocycles. The van der Waals surface area contributed by atoms with E-state index < -0.39 is 0 Å². The van der Waals surface area contributed by atoms with Gasteiger partial charge < -0.3 is 0 Å². The minimum absolute atomic E-state index is 1.07. The van der Waals surface area contributed by atoms with Crippen molar-refractivity contribution < 1.29 is 0 Å². The monoisotopic (exact) mass is 209 g/mol. The van der Waals surface area contributed by atoms with E-state index in [-0.39, 0.29) is 0 Å². The minimum atomic E-state index is 1.07. The van der Waals surface area contributed by atoms with Crippen molar-refractivity contribution in [1.82, 2.24) is 4.72 Å². The van der Waals surface area contributed by atoms with Crippen LogP contribution in [0.4, 0.5) is 0 Å². The average Bonchev–Trinajstić information content (AvgIpc) is 2.25. The molecule has 14 heavy (non-hydrogen) atoms. The van der Waals surface area contributed by atoms with Gasteiger partial charge in [-0.15, -0.1) is 0 Å². The van der Waals surface area contributed by atoms with E-state index in [2.05, 4.69) is 42.0 Å². The molecule has 0 unspecified atom stereocenters. The highest BCUT2D eigenvalue weighted by Crippen LogP contribution is 2.01. The summed E-state index contributed by atoms with van der Waals surface area (Å²) in [5.41, 5.74) is 1.41. The molecule has 0 fully saturated rings. The van der Waals surface area contributed by atoms with Crippen LogP contribution >= 0.6 is 11.9 Å². The summed E-state index contributed by atoms with van der Waals surface area (Å²) in [5.74, 6) is 1.23. The van der Waals surface area contributed by atoms with Gasteiger partial charge in [0.2, 0.25) is 0 Å². The van der Waals surface area contributed by atoms with Crippen molar-refractivity contribution in [2.75, 3.05) is 12.3 Å². The predicted octanol–water partition coefficient (Wildman–Crippen LogP) is 3.27. The Morgan fingerprint density at radius 2 is 2.00 bits per heavy atom. The Morgan fingerprint density at radius 3 is 2.71 bits per heavy atom. The number of rotatable bonds is 7. The largest absolute Gasteiger partial charge is 0.264 e. The van der Waals surface area contributed by atoms with Crippen molar-refractivity contribution in [3.8, 4) is 0 Å². The molecule has 0 heterocycles. The Kier molecular flexibility index (Phi) is 6.54. The highest BCUT2D eigenvalue weighted by atomic mass is 32.2. The molecule has 1 rings (SSSR count). The fourth-order valence-electron chi connectivity index (χ4n) is 1.20. The van der Waals surface area contributed by atoms with Crippen molar-refractivity contribution >= 4 is 11.9 Å². The molecule has 1 N–H and O–H groups in total. The standard InChI is InChI=1S/C12H19NS/c1-2-3-11-14-13-10-9-12-7-5-4-6-8-12/h4-8,13H,2-3,9-11H2,1H3. The van der Waals surface area contributed by atoms with Crippen LogP contribution in [0.1, 0.15) is 25.3 Å². The summed E-state index contributed by atoms with van der Waals surface area (Å²) in [6.07, 6.45) is 3.72. The van der Waals surface area contributed by atoms with Crippen LogP contribution in [0.25, 0.3) is 0 Å². The van der Waals surface area contributed by atoms with Gasteiger partial charge in [0, 0.05) is 12.3 Å². The summed E-state index contributed by atoms with van der Waals surface area (Å²) < 4.78 is 3.39. The quantitative estimate of drug-likeness (QED) is 0.546. The van der Waals surface area contributed by atoms with Crippen LogP contribution in [0.5, 0.6) is 0 Å². The van der Waals surface area contributed by atoms with Gasteiger partial charge in [-0.1, -0.05) is 55.6 Å². The fraction of sp³-hybridized carbons (Fsp3) is 0.500. The lowest BCUT2D eigenvalue weighted by atomic mass is 10.2. The molecular weight excluding hydrogens is 190 g/mol. The third-order valence-corrected chi connectivity index (χ3v) is 2.96. The van der Waals surface area contributed by atoms with E-state index in [0.29, 0.717) is 0 Å². The highest BCUT2D eigenvalue weighted by Gasteiger charge is 1.91. The third-order valence-electron chi connectivity index (χ3n) is 2.06. The average molecular weight is 209 g/mol. The summed E-state index contributed by atoms with van der Waals surface area (Å²) in [7, 11) is 0. The molecule has 0 aliphatic rings. The molecule has 0 spiro atoms. The normalized spacial score (nSPS) is 10.4. The summed E-state index contributed by atoms with van der Waals surface area (Å²) >= 11 is 1.85. The van der Waals surface area contributed by atoms with Gasteiger partial charge in [-0.25, -0.2) is 0 Å². The van der Waals surface area contributed by atoms with Crippen LogP contribution in [0.15, 0.2) is 30.3 Å². The van der Waals surface area contributed by atoms with E-state index in [9.17, 15) is 0 Å². The summed E-state index contributed by atoms with van der Waals surface area (Å²) in [5, 5.41) is 0. The molecule has 0 saturated carbocycles. The molecule has 0 aliphatic carbocycles. The van der Waals surface area contributed by atoms with Crippen molar-refractivity contribution in [2.45, 2.75) is 26.2 Å². The SMILES string of the molecule is CCCCSNCCc1ccccc1. The Labute approximate surface area is 91.4 Å². The maximum atomic E-state index is 3.39. The smallest absolute Gasteiger partial charge is 0.00990 e. The van der Waals surface area contributed by atoms with Crippen LogP contribution in [-0.4, -0.2) is 12.3 Å². The van der Waals surface area contributed by atoms with Gasteiger partial charge in [0.25, 0.3) is 0 Å². The Morgan fingerprint density at radius 1 is 1.21 bits per heavy atom. The van der Waals surface area contributed by atoms with Crippen LogP contribution in [0.3, 0.4) is 0 Å². The number of nitrogens with one attached hydrogen (secondary N) is 1. The molecular formula is C12H19NS. The van der Waals surface area contributed by atoms with E-state index in [1.807, 2.05) is 11.9 Å². The molecule has 0 aliphatic heterocycles.